The van der Waals surface area contributed by atoms with E-state index in [1.54, 1.807) is 11.1 Å². The predicted octanol–water partition coefficient (Wildman–Crippen LogP) is 3.07. The molecule has 1 fully saturated rings. The lowest BCUT2D eigenvalue weighted by molar-refractivity contribution is -0.00577. The van der Waals surface area contributed by atoms with Crippen molar-refractivity contribution in [2.75, 3.05) is 6.54 Å². The van der Waals surface area contributed by atoms with Crippen LogP contribution in [-0.2, 0) is 4.74 Å². The summed E-state index contributed by atoms with van der Waals surface area (Å²) in [4.78, 5) is 18.0. The quantitative estimate of drug-likeness (QED) is 0.767. The molecular formula is C14H20N2O2. The van der Waals surface area contributed by atoms with E-state index in [-0.39, 0.29) is 12.1 Å². The Morgan fingerprint density at radius 1 is 1.50 bits per heavy atom. The predicted molar refractivity (Wildman–Crippen MR) is 69.3 cm³/mol. The Balaban J connectivity index is 2.06. The summed E-state index contributed by atoms with van der Waals surface area (Å²) in [6.45, 7) is 8.38. The Bertz CT molecular complexity index is 451. The average molecular weight is 248 g/mol. The third kappa shape index (κ3) is 2.81. The van der Waals surface area contributed by atoms with Crippen molar-refractivity contribution in [1.29, 1.82) is 0 Å². The van der Waals surface area contributed by atoms with Gasteiger partial charge in [0.1, 0.15) is 5.60 Å². The molecule has 1 aliphatic rings. The molecule has 0 radical (unpaired) electrons. The Kier molecular flexibility index (Phi) is 3.28. The number of likely N-dealkylation sites (tertiary alicyclic amines) is 1. The van der Waals surface area contributed by atoms with E-state index in [0.717, 1.165) is 24.2 Å². The van der Waals surface area contributed by atoms with Gasteiger partial charge in [-0.3, -0.25) is 4.98 Å². The van der Waals surface area contributed by atoms with Crippen molar-refractivity contribution in [1.82, 2.24) is 9.88 Å². The molecular weight excluding hydrogens is 228 g/mol. The van der Waals surface area contributed by atoms with E-state index in [4.69, 9.17) is 4.74 Å². The highest BCUT2D eigenvalue weighted by Gasteiger charge is 2.36. The van der Waals surface area contributed by atoms with E-state index < -0.39 is 5.60 Å². The van der Waals surface area contributed by atoms with Crippen LogP contribution in [0.2, 0.25) is 0 Å². The van der Waals surface area contributed by atoms with Gasteiger partial charge in [0.2, 0.25) is 0 Å². The third-order valence-electron chi connectivity index (χ3n) is 2.95. The van der Waals surface area contributed by atoms with Gasteiger partial charge in [-0.2, -0.15) is 0 Å². The fourth-order valence-corrected chi connectivity index (χ4v) is 2.05. The van der Waals surface area contributed by atoms with Crippen molar-refractivity contribution >= 4 is 6.09 Å². The van der Waals surface area contributed by atoms with Crippen LogP contribution in [0.4, 0.5) is 4.79 Å². The number of ether oxygens (including phenoxy) is 1. The van der Waals surface area contributed by atoms with E-state index in [1.165, 1.54) is 0 Å². The summed E-state index contributed by atoms with van der Waals surface area (Å²) < 4.78 is 5.39. The van der Waals surface area contributed by atoms with Crippen molar-refractivity contribution in [3.8, 4) is 0 Å². The minimum atomic E-state index is -0.439. The summed E-state index contributed by atoms with van der Waals surface area (Å²) in [7, 11) is 0. The van der Waals surface area contributed by atoms with Crippen LogP contribution in [0.5, 0.6) is 0 Å². The molecule has 1 aromatic heterocycles. The Labute approximate surface area is 108 Å². The van der Waals surface area contributed by atoms with Crippen molar-refractivity contribution in [2.24, 2.45) is 0 Å². The van der Waals surface area contributed by atoms with E-state index >= 15 is 0 Å². The van der Waals surface area contributed by atoms with Gasteiger partial charge in [0, 0.05) is 18.4 Å². The van der Waals surface area contributed by atoms with Crippen molar-refractivity contribution in [3.05, 3.63) is 29.6 Å². The molecule has 4 nitrogen and oxygen atoms in total. The third-order valence-corrected chi connectivity index (χ3v) is 2.95. The molecule has 0 bridgehead atoms. The topological polar surface area (TPSA) is 42.4 Å². The molecule has 0 saturated carbocycles. The lowest BCUT2D eigenvalue weighted by atomic mass is 9.95. The number of hydrogen-bond donors (Lipinski definition) is 0. The van der Waals surface area contributed by atoms with Crippen LogP contribution in [-0.4, -0.2) is 28.1 Å². The lowest BCUT2D eigenvalue weighted by Crippen LogP contribution is -2.47. The molecule has 1 aromatic rings. The van der Waals surface area contributed by atoms with Gasteiger partial charge in [0.25, 0.3) is 0 Å². The van der Waals surface area contributed by atoms with Crippen LogP contribution < -0.4 is 0 Å². The van der Waals surface area contributed by atoms with Crippen LogP contribution in [0, 0.1) is 6.92 Å². The van der Waals surface area contributed by atoms with Crippen molar-refractivity contribution in [3.63, 3.8) is 0 Å². The number of aryl methyl sites for hydroxylation is 1. The molecule has 1 saturated heterocycles. The number of carbonyl (C=O) groups is 1. The molecule has 2 rings (SSSR count). The van der Waals surface area contributed by atoms with Gasteiger partial charge in [-0.1, -0.05) is 0 Å². The van der Waals surface area contributed by atoms with E-state index in [0.29, 0.717) is 0 Å². The first-order valence-corrected chi connectivity index (χ1v) is 6.29. The summed E-state index contributed by atoms with van der Waals surface area (Å²) in [5.74, 6) is 0. The smallest absolute Gasteiger partial charge is 0.410 e. The van der Waals surface area contributed by atoms with Crippen LogP contribution in [0.3, 0.4) is 0 Å². The minimum Gasteiger partial charge on any atom is -0.444 e. The first-order valence-electron chi connectivity index (χ1n) is 6.29. The average Bonchev–Trinajstić information content (AvgIpc) is 2.12. The summed E-state index contributed by atoms with van der Waals surface area (Å²) in [6.07, 6.45) is 2.55. The van der Waals surface area contributed by atoms with Gasteiger partial charge in [-0.25, -0.2) is 4.79 Å². The summed E-state index contributed by atoms with van der Waals surface area (Å²) in [6, 6.07) is 4.14. The monoisotopic (exact) mass is 248 g/mol. The van der Waals surface area contributed by atoms with E-state index in [2.05, 4.69) is 4.98 Å². The number of nitrogens with zero attached hydrogens (tertiary/aromatic N) is 2. The second kappa shape index (κ2) is 4.59. The summed E-state index contributed by atoms with van der Waals surface area (Å²) in [5.41, 5.74) is 1.67. The van der Waals surface area contributed by atoms with Gasteiger partial charge in [-0.15, -0.1) is 0 Å². The van der Waals surface area contributed by atoms with Crippen LogP contribution in [0.25, 0.3) is 0 Å². The van der Waals surface area contributed by atoms with Crippen LogP contribution >= 0.6 is 0 Å². The molecule has 0 aliphatic carbocycles. The van der Waals surface area contributed by atoms with Gasteiger partial charge in [0.15, 0.2) is 0 Å². The highest BCUT2D eigenvalue weighted by molar-refractivity contribution is 5.70. The Morgan fingerprint density at radius 3 is 2.72 bits per heavy atom. The largest absolute Gasteiger partial charge is 0.444 e. The molecule has 2 heterocycles. The van der Waals surface area contributed by atoms with Crippen molar-refractivity contribution < 1.29 is 9.53 Å². The van der Waals surface area contributed by atoms with Gasteiger partial charge in [0.05, 0.1) is 6.04 Å². The lowest BCUT2D eigenvalue weighted by Gasteiger charge is -2.41. The SMILES string of the molecule is Cc1cc(C2CCN2C(=O)OC(C)(C)C)ccn1. The first-order chi connectivity index (χ1) is 8.37. The fourth-order valence-electron chi connectivity index (χ4n) is 2.05. The maximum atomic E-state index is 12.0. The normalized spacial score (nSPS) is 19.3. The standard InChI is InChI=1S/C14H20N2O2/c1-10-9-11(5-7-15-10)12-6-8-16(12)13(17)18-14(2,3)4/h5,7,9,12H,6,8H2,1-4H3. The molecule has 1 atom stereocenters. The van der Waals surface area contributed by atoms with E-state index in [1.807, 2.05) is 39.8 Å². The number of aromatic nitrogens is 1. The minimum absolute atomic E-state index is 0.140. The molecule has 0 aromatic carbocycles. The zero-order valence-corrected chi connectivity index (χ0v) is 11.4. The molecule has 1 amide bonds. The molecule has 18 heavy (non-hydrogen) atoms. The zero-order valence-electron chi connectivity index (χ0n) is 11.4. The number of carbonyl (C=O) groups excluding carboxylic acids is 1. The molecule has 1 aliphatic heterocycles. The first kappa shape index (κ1) is 12.9. The zero-order chi connectivity index (χ0) is 13.3. The number of rotatable bonds is 1. The Hall–Kier alpha value is -1.58. The Morgan fingerprint density at radius 2 is 2.22 bits per heavy atom. The maximum Gasteiger partial charge on any atom is 0.410 e. The number of pyridine rings is 1. The molecule has 0 N–H and O–H groups in total. The molecule has 1 unspecified atom stereocenters. The van der Waals surface area contributed by atoms with E-state index in [9.17, 15) is 4.79 Å². The molecule has 4 heteroatoms. The summed E-state index contributed by atoms with van der Waals surface area (Å²) in [5, 5.41) is 0. The maximum absolute atomic E-state index is 12.0. The highest BCUT2D eigenvalue weighted by atomic mass is 16.6. The fraction of sp³-hybridized carbons (Fsp3) is 0.571. The second-order valence-corrected chi connectivity index (χ2v) is 5.71. The van der Waals surface area contributed by atoms with Gasteiger partial charge < -0.3 is 9.64 Å². The van der Waals surface area contributed by atoms with Crippen LogP contribution in [0.1, 0.15) is 44.5 Å². The van der Waals surface area contributed by atoms with Crippen LogP contribution in [0.15, 0.2) is 18.3 Å². The molecule has 0 spiro atoms. The van der Waals surface area contributed by atoms with Gasteiger partial charge >= 0.3 is 6.09 Å². The number of hydrogen-bond acceptors (Lipinski definition) is 3. The molecule has 98 valence electrons. The number of amides is 1. The highest BCUT2D eigenvalue weighted by Crippen LogP contribution is 2.34. The second-order valence-electron chi connectivity index (χ2n) is 5.71. The van der Waals surface area contributed by atoms with Gasteiger partial charge in [-0.05, 0) is 51.8 Å². The summed E-state index contributed by atoms with van der Waals surface area (Å²) >= 11 is 0. The van der Waals surface area contributed by atoms with Crippen molar-refractivity contribution in [2.45, 2.75) is 45.8 Å².